The van der Waals surface area contributed by atoms with Gasteiger partial charge in [-0.2, -0.15) is 0 Å². The lowest BCUT2D eigenvalue weighted by molar-refractivity contribution is -0.119. The first-order valence-corrected chi connectivity index (χ1v) is 9.72. The van der Waals surface area contributed by atoms with Crippen molar-refractivity contribution in [2.24, 2.45) is 5.92 Å². The van der Waals surface area contributed by atoms with Crippen molar-refractivity contribution in [1.29, 1.82) is 0 Å². The molecule has 0 aliphatic heterocycles. The fraction of sp³-hybridized carbons (Fsp3) is 0.353. The number of carbonyl (C=O) groups is 1. The number of benzene rings is 1. The van der Waals surface area contributed by atoms with Gasteiger partial charge in [0, 0.05) is 0 Å². The Morgan fingerprint density at radius 3 is 2.65 bits per heavy atom. The maximum atomic E-state index is 12.3. The average Bonchev–Trinajstić information content (AvgIpc) is 3.25. The lowest BCUT2D eigenvalue weighted by atomic mass is 10.0. The minimum atomic E-state index is -1.27. The van der Waals surface area contributed by atoms with Crippen molar-refractivity contribution in [1.82, 2.24) is 5.32 Å². The van der Waals surface area contributed by atoms with Gasteiger partial charge in [-0.05, 0) is 47.9 Å². The molecule has 0 unspecified atom stereocenters. The van der Waals surface area contributed by atoms with Gasteiger partial charge in [-0.25, -0.2) is 0 Å². The fourth-order valence-corrected chi connectivity index (χ4v) is 4.43. The van der Waals surface area contributed by atoms with Gasteiger partial charge in [0.1, 0.15) is 11.5 Å². The highest BCUT2D eigenvalue weighted by Gasteiger charge is 2.33. The van der Waals surface area contributed by atoms with Crippen molar-refractivity contribution >= 4 is 28.0 Å². The molecule has 0 radical (unpaired) electrons. The van der Waals surface area contributed by atoms with Crippen molar-refractivity contribution in [3.63, 3.8) is 0 Å². The van der Waals surface area contributed by atoms with E-state index in [1.165, 1.54) is 11.3 Å². The van der Waals surface area contributed by atoms with Crippen LogP contribution in [0.15, 0.2) is 46.0 Å². The molecule has 3 rings (SSSR count). The molecule has 6 heteroatoms. The Morgan fingerprint density at radius 1 is 1.35 bits per heavy atom. The topological polar surface area (TPSA) is 55.4 Å². The molecular formula is C17H19NO3S2. The predicted octanol–water partition coefficient (Wildman–Crippen LogP) is 3.13. The third-order valence-corrected chi connectivity index (χ3v) is 6.48. The van der Waals surface area contributed by atoms with Crippen LogP contribution in [0.25, 0.3) is 0 Å². The summed E-state index contributed by atoms with van der Waals surface area (Å²) in [6, 6.07) is 11.4. The molecule has 0 saturated heterocycles. The SMILES string of the molecule is COc1ccc([C@@H](NC(=O)C[S@](=O)c2cccs2)C2CC2)cc1. The molecule has 1 amide bonds. The van der Waals surface area contributed by atoms with Gasteiger partial charge >= 0.3 is 0 Å². The van der Waals surface area contributed by atoms with E-state index >= 15 is 0 Å². The van der Waals surface area contributed by atoms with Gasteiger partial charge in [0.2, 0.25) is 5.91 Å². The third kappa shape index (κ3) is 4.20. The highest BCUT2D eigenvalue weighted by atomic mass is 32.2. The van der Waals surface area contributed by atoms with Crippen LogP contribution in [-0.2, 0) is 15.6 Å². The molecule has 2 aromatic rings. The predicted molar refractivity (Wildman–Crippen MR) is 92.2 cm³/mol. The Kier molecular flexibility index (Phi) is 5.13. The highest BCUT2D eigenvalue weighted by molar-refractivity contribution is 7.88. The molecule has 1 N–H and O–H groups in total. The zero-order valence-corrected chi connectivity index (χ0v) is 14.5. The monoisotopic (exact) mass is 349 g/mol. The van der Waals surface area contributed by atoms with Crippen molar-refractivity contribution in [3.8, 4) is 5.75 Å². The largest absolute Gasteiger partial charge is 0.497 e. The fourth-order valence-electron chi connectivity index (χ4n) is 2.51. The first kappa shape index (κ1) is 16.2. The number of nitrogens with one attached hydrogen (secondary N) is 1. The maximum Gasteiger partial charge on any atom is 0.233 e. The zero-order valence-electron chi connectivity index (χ0n) is 12.9. The van der Waals surface area contributed by atoms with E-state index in [9.17, 15) is 9.00 Å². The van der Waals surface area contributed by atoms with Crippen LogP contribution < -0.4 is 10.1 Å². The molecule has 1 aliphatic carbocycles. The first-order chi connectivity index (χ1) is 11.2. The summed E-state index contributed by atoms with van der Waals surface area (Å²) in [5, 5.41) is 4.93. The number of carbonyl (C=O) groups excluding carboxylic acids is 1. The number of hydrogen-bond acceptors (Lipinski definition) is 4. The van der Waals surface area contributed by atoms with E-state index in [1.807, 2.05) is 35.7 Å². The number of rotatable bonds is 7. The molecule has 1 aliphatic rings. The number of methoxy groups -OCH3 is 1. The smallest absolute Gasteiger partial charge is 0.233 e. The minimum Gasteiger partial charge on any atom is -0.497 e. The summed E-state index contributed by atoms with van der Waals surface area (Å²) in [6.45, 7) is 0. The third-order valence-electron chi connectivity index (χ3n) is 3.87. The Balaban J connectivity index is 1.65. The molecule has 1 saturated carbocycles. The molecule has 1 aromatic heterocycles. The summed E-state index contributed by atoms with van der Waals surface area (Å²) in [6.07, 6.45) is 2.23. The Bertz CT molecular complexity index is 678. The van der Waals surface area contributed by atoms with Crippen LogP contribution in [0.1, 0.15) is 24.4 Å². The van der Waals surface area contributed by atoms with E-state index in [0.29, 0.717) is 5.92 Å². The molecule has 1 fully saturated rings. The highest BCUT2D eigenvalue weighted by Crippen LogP contribution is 2.41. The van der Waals surface area contributed by atoms with Crippen LogP contribution in [0.3, 0.4) is 0 Å². The maximum absolute atomic E-state index is 12.3. The molecule has 0 spiro atoms. The van der Waals surface area contributed by atoms with Gasteiger partial charge in [-0.15, -0.1) is 11.3 Å². The molecule has 1 heterocycles. The summed E-state index contributed by atoms with van der Waals surface area (Å²) in [5.41, 5.74) is 1.07. The van der Waals surface area contributed by atoms with Gasteiger partial charge in [-0.3, -0.25) is 9.00 Å². The summed E-state index contributed by atoms with van der Waals surface area (Å²) in [4.78, 5) is 12.3. The van der Waals surface area contributed by atoms with Gasteiger partial charge in [0.25, 0.3) is 0 Å². The van der Waals surface area contributed by atoms with Gasteiger partial charge in [-0.1, -0.05) is 18.2 Å². The molecule has 122 valence electrons. The lowest BCUT2D eigenvalue weighted by Gasteiger charge is -2.19. The van der Waals surface area contributed by atoms with E-state index in [4.69, 9.17) is 4.74 Å². The van der Waals surface area contributed by atoms with Gasteiger partial charge in [0.15, 0.2) is 0 Å². The Hall–Kier alpha value is -1.66. The second-order valence-electron chi connectivity index (χ2n) is 5.58. The number of amides is 1. The quantitative estimate of drug-likeness (QED) is 0.835. The van der Waals surface area contributed by atoms with Crippen LogP contribution >= 0.6 is 11.3 Å². The van der Waals surface area contributed by atoms with Crippen LogP contribution in [0.5, 0.6) is 5.75 Å². The van der Waals surface area contributed by atoms with E-state index in [2.05, 4.69) is 5.32 Å². The van der Waals surface area contributed by atoms with E-state index in [0.717, 1.165) is 28.4 Å². The Labute approximate surface area is 142 Å². The molecule has 2 atom stereocenters. The molecule has 4 nitrogen and oxygen atoms in total. The standard InChI is InChI=1S/C17H19NO3S2/c1-21-14-8-6-13(7-9-14)17(12-4-5-12)18-15(19)11-23(20)16-3-2-10-22-16/h2-3,6-10,12,17H,4-5,11H2,1H3,(H,18,19)/t17-,23-/m0/s1. The summed E-state index contributed by atoms with van der Waals surface area (Å²) in [7, 11) is 0.367. The Morgan fingerprint density at radius 2 is 2.09 bits per heavy atom. The number of ether oxygens (including phenoxy) is 1. The number of thiophene rings is 1. The minimum absolute atomic E-state index is 0.00579. The lowest BCUT2D eigenvalue weighted by Crippen LogP contribution is -2.33. The molecule has 0 bridgehead atoms. The van der Waals surface area contributed by atoms with Crippen molar-refractivity contribution in [2.75, 3.05) is 12.9 Å². The number of hydrogen-bond donors (Lipinski definition) is 1. The molecule has 23 heavy (non-hydrogen) atoms. The van der Waals surface area contributed by atoms with Crippen LogP contribution in [0.4, 0.5) is 0 Å². The second kappa shape index (κ2) is 7.27. The van der Waals surface area contributed by atoms with Gasteiger partial charge < -0.3 is 10.1 Å². The normalized spacial score (nSPS) is 16.6. The van der Waals surface area contributed by atoms with Crippen molar-refractivity contribution in [2.45, 2.75) is 23.1 Å². The van der Waals surface area contributed by atoms with Crippen molar-refractivity contribution < 1.29 is 13.7 Å². The van der Waals surface area contributed by atoms with Gasteiger partial charge in [0.05, 0.1) is 28.2 Å². The van der Waals surface area contributed by atoms with Crippen molar-refractivity contribution in [3.05, 3.63) is 47.3 Å². The van der Waals surface area contributed by atoms with E-state index in [-0.39, 0.29) is 17.7 Å². The second-order valence-corrected chi connectivity index (χ2v) is 8.20. The summed E-state index contributed by atoms with van der Waals surface area (Å²) < 4.78 is 18.1. The summed E-state index contributed by atoms with van der Waals surface area (Å²) >= 11 is 1.42. The average molecular weight is 349 g/mol. The zero-order chi connectivity index (χ0) is 16.2. The summed E-state index contributed by atoms with van der Waals surface area (Å²) in [5.74, 6) is 1.13. The van der Waals surface area contributed by atoms with E-state index < -0.39 is 10.8 Å². The first-order valence-electron chi connectivity index (χ1n) is 7.52. The van der Waals surface area contributed by atoms with Crippen LogP contribution in [-0.4, -0.2) is 23.0 Å². The van der Waals surface area contributed by atoms with Crippen LogP contribution in [0.2, 0.25) is 0 Å². The molecular weight excluding hydrogens is 330 g/mol. The molecule has 1 aromatic carbocycles. The van der Waals surface area contributed by atoms with E-state index in [1.54, 1.807) is 13.2 Å². The van der Waals surface area contributed by atoms with Crippen LogP contribution in [0, 0.1) is 5.92 Å².